The molecule has 0 radical (unpaired) electrons. The summed E-state index contributed by atoms with van der Waals surface area (Å²) in [4.78, 5) is 28.1. The number of nitrogens with one attached hydrogen (secondary N) is 1. The first kappa shape index (κ1) is 14.4. The maximum Gasteiger partial charge on any atom is 0.323 e. The number of nitrogens with zero attached hydrogens (tertiary/aromatic N) is 3. The molecule has 1 aromatic heterocycles. The van der Waals surface area contributed by atoms with Crippen LogP contribution in [0.4, 0.5) is 9.93 Å². The van der Waals surface area contributed by atoms with Crippen LogP contribution in [0.2, 0.25) is 0 Å². The van der Waals surface area contributed by atoms with Crippen molar-refractivity contribution in [1.82, 2.24) is 14.3 Å². The summed E-state index contributed by atoms with van der Waals surface area (Å²) in [6, 6.07) is -0.359. The zero-order valence-electron chi connectivity index (χ0n) is 10.5. The highest BCUT2D eigenvalue weighted by Crippen LogP contribution is 2.11. The topological polar surface area (TPSA) is 95.4 Å². The number of rotatable bonds is 5. The Balaban J connectivity index is 2.59. The van der Waals surface area contributed by atoms with E-state index in [1.165, 1.54) is 4.90 Å². The molecule has 1 unspecified atom stereocenters. The lowest BCUT2D eigenvalue weighted by Gasteiger charge is -2.22. The van der Waals surface area contributed by atoms with Gasteiger partial charge < -0.3 is 10.0 Å². The van der Waals surface area contributed by atoms with Gasteiger partial charge in [-0.15, -0.1) is 0 Å². The maximum atomic E-state index is 11.9. The molecular formula is C10H16N4O3S. The predicted molar refractivity (Wildman–Crippen MR) is 67.7 cm³/mol. The molecule has 8 heteroatoms. The lowest BCUT2D eigenvalue weighted by molar-refractivity contribution is -0.141. The zero-order valence-corrected chi connectivity index (χ0v) is 11.3. The van der Waals surface area contributed by atoms with Gasteiger partial charge in [-0.3, -0.25) is 10.1 Å². The number of aliphatic carboxylic acids is 1. The second-order valence-electron chi connectivity index (χ2n) is 3.85. The minimum Gasteiger partial charge on any atom is -0.481 e. The summed E-state index contributed by atoms with van der Waals surface area (Å²) in [5.74, 6) is -0.933. The minimum absolute atomic E-state index is 0.162. The molecule has 0 aliphatic carbocycles. The number of hydrogen-bond donors (Lipinski definition) is 2. The van der Waals surface area contributed by atoms with Gasteiger partial charge in [0.25, 0.3) is 0 Å². The van der Waals surface area contributed by atoms with Gasteiger partial charge in [-0.2, -0.15) is 4.37 Å². The molecule has 0 fully saturated rings. The van der Waals surface area contributed by atoms with Crippen molar-refractivity contribution in [2.75, 3.05) is 18.4 Å². The highest BCUT2D eigenvalue weighted by molar-refractivity contribution is 7.09. The Bertz CT molecular complexity index is 435. The summed E-state index contributed by atoms with van der Waals surface area (Å²) in [5, 5.41) is 11.8. The number of carbonyl (C=O) groups excluding carboxylic acids is 1. The molecule has 2 N–H and O–H groups in total. The quantitative estimate of drug-likeness (QED) is 0.845. The molecule has 0 aliphatic heterocycles. The Morgan fingerprint density at radius 2 is 2.22 bits per heavy atom. The Kier molecular flexibility index (Phi) is 5.02. The highest BCUT2D eigenvalue weighted by atomic mass is 32.1. The average molecular weight is 272 g/mol. The van der Waals surface area contributed by atoms with Gasteiger partial charge in [0.15, 0.2) is 0 Å². The van der Waals surface area contributed by atoms with Crippen molar-refractivity contribution in [2.45, 2.75) is 20.8 Å². The summed E-state index contributed by atoms with van der Waals surface area (Å²) in [6.07, 6.45) is 0. The van der Waals surface area contributed by atoms with E-state index in [1.54, 1.807) is 20.8 Å². The van der Waals surface area contributed by atoms with Gasteiger partial charge in [-0.05, 0) is 13.8 Å². The molecule has 7 nitrogen and oxygen atoms in total. The fraction of sp³-hybridized carbons (Fsp3) is 0.600. The van der Waals surface area contributed by atoms with E-state index in [0.717, 1.165) is 11.5 Å². The van der Waals surface area contributed by atoms with Crippen LogP contribution in [0.5, 0.6) is 0 Å². The van der Waals surface area contributed by atoms with Gasteiger partial charge >= 0.3 is 12.0 Å². The molecule has 100 valence electrons. The van der Waals surface area contributed by atoms with E-state index >= 15 is 0 Å². The molecule has 2 amide bonds. The largest absolute Gasteiger partial charge is 0.481 e. The summed E-state index contributed by atoms with van der Waals surface area (Å²) < 4.78 is 3.95. The van der Waals surface area contributed by atoms with Crippen LogP contribution in [-0.2, 0) is 4.79 Å². The van der Waals surface area contributed by atoms with E-state index in [4.69, 9.17) is 5.11 Å². The van der Waals surface area contributed by atoms with E-state index in [0.29, 0.717) is 17.5 Å². The number of anilines is 1. The number of hydrogen-bond acceptors (Lipinski definition) is 5. The monoisotopic (exact) mass is 272 g/mol. The first-order valence-electron chi connectivity index (χ1n) is 5.53. The van der Waals surface area contributed by atoms with Crippen LogP contribution in [0, 0.1) is 12.8 Å². The van der Waals surface area contributed by atoms with E-state index in [9.17, 15) is 9.59 Å². The summed E-state index contributed by atoms with van der Waals surface area (Å²) in [7, 11) is 0. The molecule has 1 atom stereocenters. The first-order chi connectivity index (χ1) is 8.43. The van der Waals surface area contributed by atoms with Crippen molar-refractivity contribution in [1.29, 1.82) is 0 Å². The number of aryl methyl sites for hydroxylation is 1. The average Bonchev–Trinajstić information content (AvgIpc) is 2.70. The lowest BCUT2D eigenvalue weighted by atomic mass is 10.2. The Labute approximate surface area is 109 Å². The first-order valence-corrected chi connectivity index (χ1v) is 6.30. The van der Waals surface area contributed by atoms with Crippen LogP contribution in [0.3, 0.4) is 0 Å². The van der Waals surface area contributed by atoms with Crippen LogP contribution in [0.15, 0.2) is 0 Å². The molecule has 18 heavy (non-hydrogen) atoms. The van der Waals surface area contributed by atoms with Crippen molar-refractivity contribution >= 4 is 28.7 Å². The second kappa shape index (κ2) is 6.29. The molecule has 0 bridgehead atoms. The van der Waals surface area contributed by atoms with Gasteiger partial charge in [0, 0.05) is 24.6 Å². The van der Waals surface area contributed by atoms with Crippen molar-refractivity contribution in [3.8, 4) is 0 Å². The van der Waals surface area contributed by atoms with Crippen molar-refractivity contribution in [3.05, 3.63) is 5.82 Å². The molecule has 0 spiro atoms. The third-order valence-corrected chi connectivity index (χ3v) is 3.05. The zero-order chi connectivity index (χ0) is 13.7. The van der Waals surface area contributed by atoms with Crippen LogP contribution in [0.1, 0.15) is 19.7 Å². The van der Waals surface area contributed by atoms with Crippen molar-refractivity contribution < 1.29 is 14.7 Å². The number of urea groups is 1. The third-order valence-electron chi connectivity index (χ3n) is 2.33. The van der Waals surface area contributed by atoms with Crippen LogP contribution in [-0.4, -0.2) is 44.5 Å². The second-order valence-corrected chi connectivity index (χ2v) is 4.61. The van der Waals surface area contributed by atoms with Crippen LogP contribution in [0.25, 0.3) is 0 Å². The highest BCUT2D eigenvalue weighted by Gasteiger charge is 2.20. The van der Waals surface area contributed by atoms with Gasteiger partial charge in [-0.25, -0.2) is 9.78 Å². The molecule has 0 saturated heterocycles. The Morgan fingerprint density at radius 3 is 2.67 bits per heavy atom. The standard InChI is InChI=1S/C10H16N4O3S/c1-4-14(5-6(2)8(15)16)10(17)12-9-11-7(3)13-18-9/h6H,4-5H2,1-3H3,(H,15,16)(H,11,12,13,17). The maximum absolute atomic E-state index is 11.9. The molecule has 0 aromatic carbocycles. The van der Waals surface area contributed by atoms with Crippen molar-refractivity contribution in [3.63, 3.8) is 0 Å². The molecule has 0 saturated carbocycles. The number of carbonyl (C=O) groups is 2. The lowest BCUT2D eigenvalue weighted by Crippen LogP contribution is -2.39. The van der Waals surface area contributed by atoms with Crippen molar-refractivity contribution in [2.24, 2.45) is 5.92 Å². The van der Waals surface area contributed by atoms with E-state index in [1.807, 2.05) is 0 Å². The Morgan fingerprint density at radius 1 is 1.56 bits per heavy atom. The number of carboxylic acid groups (broad SMARTS) is 1. The molecule has 1 aromatic rings. The normalized spacial score (nSPS) is 11.9. The summed E-state index contributed by atoms with van der Waals surface area (Å²) in [6.45, 7) is 5.68. The van der Waals surface area contributed by atoms with E-state index in [2.05, 4.69) is 14.7 Å². The third kappa shape index (κ3) is 3.95. The minimum atomic E-state index is -0.923. The molecular weight excluding hydrogens is 256 g/mol. The molecule has 0 aliphatic rings. The predicted octanol–water partition coefficient (Wildman–Crippen LogP) is 1.42. The number of amides is 2. The summed E-state index contributed by atoms with van der Waals surface area (Å²) >= 11 is 1.09. The number of aromatic nitrogens is 2. The SMILES string of the molecule is CCN(CC(C)C(=O)O)C(=O)Nc1nc(C)ns1. The van der Waals surface area contributed by atoms with E-state index < -0.39 is 11.9 Å². The fourth-order valence-electron chi connectivity index (χ4n) is 1.28. The van der Waals surface area contributed by atoms with E-state index in [-0.39, 0.29) is 12.6 Å². The summed E-state index contributed by atoms with van der Waals surface area (Å²) in [5.41, 5.74) is 0. The molecule has 1 heterocycles. The molecule has 1 rings (SSSR count). The van der Waals surface area contributed by atoms with Gasteiger partial charge in [0.2, 0.25) is 5.13 Å². The van der Waals surface area contributed by atoms with Gasteiger partial charge in [0.1, 0.15) is 5.82 Å². The smallest absolute Gasteiger partial charge is 0.323 e. The number of carboxylic acids is 1. The van der Waals surface area contributed by atoms with Gasteiger partial charge in [0.05, 0.1) is 5.92 Å². The van der Waals surface area contributed by atoms with Crippen LogP contribution < -0.4 is 5.32 Å². The fourth-order valence-corrected chi connectivity index (χ4v) is 1.85. The Hall–Kier alpha value is -1.70. The van der Waals surface area contributed by atoms with Crippen LogP contribution >= 0.6 is 11.5 Å². The van der Waals surface area contributed by atoms with Gasteiger partial charge in [-0.1, -0.05) is 6.92 Å².